The number of amides is 1. The average molecular weight is 458 g/mol. The lowest BCUT2D eigenvalue weighted by atomic mass is 9.84. The summed E-state index contributed by atoms with van der Waals surface area (Å²) in [6.07, 6.45) is 2.36. The van der Waals surface area contributed by atoms with Crippen LogP contribution in [0.4, 0.5) is 13.2 Å². The molecule has 0 unspecified atom stereocenters. The zero-order valence-electron chi connectivity index (χ0n) is 17.7. The van der Waals surface area contributed by atoms with E-state index in [9.17, 15) is 18.0 Å². The third-order valence-corrected chi connectivity index (χ3v) is 5.32. The highest BCUT2D eigenvalue weighted by Crippen LogP contribution is 2.31. The summed E-state index contributed by atoms with van der Waals surface area (Å²) in [7, 11) is 1.51. The third-order valence-electron chi connectivity index (χ3n) is 5.32. The number of carbonyl (C=O) groups is 1. The molecule has 2 heterocycles. The van der Waals surface area contributed by atoms with Crippen molar-refractivity contribution >= 4 is 5.91 Å². The van der Waals surface area contributed by atoms with E-state index in [1.54, 1.807) is 12.4 Å². The van der Waals surface area contributed by atoms with Crippen LogP contribution < -0.4 is 14.8 Å². The number of ether oxygens (including phenoxy) is 2. The SMILES string of the molecule is COc1ncc(-c2cccc3c2C[C@H](NC(=O)c2ccc(OCC(F)(F)F)nc2)CC3)cn1. The average Bonchev–Trinajstić information content (AvgIpc) is 2.82. The molecule has 7 nitrogen and oxygen atoms in total. The number of nitrogens with zero attached hydrogens (tertiary/aromatic N) is 3. The summed E-state index contributed by atoms with van der Waals surface area (Å²) in [6.45, 7) is -1.44. The molecule has 1 N–H and O–H groups in total. The van der Waals surface area contributed by atoms with Gasteiger partial charge in [-0.1, -0.05) is 18.2 Å². The second kappa shape index (κ2) is 9.43. The minimum atomic E-state index is -4.45. The fourth-order valence-corrected chi connectivity index (χ4v) is 3.77. The number of hydrogen-bond acceptors (Lipinski definition) is 6. The summed E-state index contributed by atoms with van der Waals surface area (Å²) >= 11 is 0. The van der Waals surface area contributed by atoms with E-state index >= 15 is 0 Å². The highest BCUT2D eigenvalue weighted by atomic mass is 19.4. The third kappa shape index (κ3) is 5.57. The van der Waals surface area contributed by atoms with Crippen molar-refractivity contribution in [3.05, 3.63) is 65.6 Å². The van der Waals surface area contributed by atoms with Crippen LogP contribution in [-0.2, 0) is 12.8 Å². The van der Waals surface area contributed by atoms with E-state index in [2.05, 4.69) is 31.1 Å². The molecule has 1 aliphatic carbocycles. The Bertz CT molecular complexity index is 1120. The first-order valence-corrected chi connectivity index (χ1v) is 10.3. The Labute approximate surface area is 188 Å². The minimum absolute atomic E-state index is 0.105. The summed E-state index contributed by atoms with van der Waals surface area (Å²) in [4.78, 5) is 24.8. The van der Waals surface area contributed by atoms with Crippen LogP contribution in [0.5, 0.6) is 11.9 Å². The standard InChI is InChI=1S/C23H21F3N4O3/c1-32-22-28-11-16(12-29-22)18-4-2-3-14-5-7-17(9-19(14)18)30-21(31)15-6-8-20(27-10-15)33-13-23(24,25)26/h2-4,6,8,10-12,17H,5,7,9,13H2,1H3,(H,30,31)/t17-/m1/s1. The number of aromatic nitrogens is 3. The molecule has 1 aliphatic rings. The summed E-state index contributed by atoms with van der Waals surface area (Å²) < 4.78 is 46.4. The number of fused-ring (bicyclic) bond motifs is 1. The quantitative estimate of drug-likeness (QED) is 0.605. The number of hydrogen-bond donors (Lipinski definition) is 1. The number of halogens is 3. The Morgan fingerprint density at radius 1 is 1.12 bits per heavy atom. The molecule has 33 heavy (non-hydrogen) atoms. The minimum Gasteiger partial charge on any atom is -0.468 e. The van der Waals surface area contributed by atoms with Crippen molar-refractivity contribution in [1.82, 2.24) is 20.3 Å². The van der Waals surface area contributed by atoms with Gasteiger partial charge < -0.3 is 14.8 Å². The normalized spacial score (nSPS) is 15.5. The summed E-state index contributed by atoms with van der Waals surface area (Å²) in [6, 6.07) is 8.89. The van der Waals surface area contributed by atoms with Crippen molar-refractivity contribution in [3.63, 3.8) is 0 Å². The number of pyridine rings is 1. The van der Waals surface area contributed by atoms with Gasteiger partial charge >= 0.3 is 12.2 Å². The zero-order valence-corrected chi connectivity index (χ0v) is 17.7. The molecule has 0 saturated heterocycles. The maximum Gasteiger partial charge on any atom is 0.422 e. The van der Waals surface area contributed by atoms with E-state index < -0.39 is 12.8 Å². The first-order valence-electron chi connectivity index (χ1n) is 10.3. The van der Waals surface area contributed by atoms with Crippen LogP contribution in [0, 0.1) is 0 Å². The molecule has 3 aromatic rings. The summed E-state index contributed by atoms with van der Waals surface area (Å²) in [5, 5.41) is 3.00. The molecule has 2 aromatic heterocycles. The molecule has 0 spiro atoms. The van der Waals surface area contributed by atoms with Gasteiger partial charge in [0.2, 0.25) is 5.88 Å². The van der Waals surface area contributed by atoms with Gasteiger partial charge in [0.25, 0.3) is 5.91 Å². The zero-order chi connectivity index (χ0) is 23.4. The van der Waals surface area contributed by atoms with Gasteiger partial charge in [-0.25, -0.2) is 15.0 Å². The van der Waals surface area contributed by atoms with Gasteiger partial charge in [-0.15, -0.1) is 0 Å². The lowest BCUT2D eigenvalue weighted by Crippen LogP contribution is -2.39. The van der Waals surface area contributed by atoms with Gasteiger partial charge in [-0.3, -0.25) is 4.79 Å². The van der Waals surface area contributed by atoms with Gasteiger partial charge in [0.15, 0.2) is 6.61 Å². The van der Waals surface area contributed by atoms with Gasteiger partial charge in [0, 0.05) is 36.3 Å². The van der Waals surface area contributed by atoms with Crippen LogP contribution >= 0.6 is 0 Å². The molecule has 1 atom stereocenters. The van der Waals surface area contributed by atoms with E-state index in [4.69, 9.17) is 4.74 Å². The Morgan fingerprint density at radius 3 is 2.58 bits per heavy atom. The number of rotatable bonds is 6. The van der Waals surface area contributed by atoms with E-state index in [0.717, 1.165) is 29.5 Å². The van der Waals surface area contributed by atoms with Gasteiger partial charge in [-0.2, -0.15) is 13.2 Å². The summed E-state index contributed by atoms with van der Waals surface area (Å²) in [5.74, 6) is -0.537. The lowest BCUT2D eigenvalue weighted by molar-refractivity contribution is -0.154. The van der Waals surface area contributed by atoms with Crippen molar-refractivity contribution in [2.24, 2.45) is 0 Å². The number of methoxy groups -OCH3 is 1. The van der Waals surface area contributed by atoms with Crippen molar-refractivity contribution < 1.29 is 27.4 Å². The first kappa shape index (κ1) is 22.5. The van der Waals surface area contributed by atoms with E-state index in [-0.39, 0.29) is 29.4 Å². The van der Waals surface area contributed by atoms with Gasteiger partial charge in [-0.05, 0) is 42.0 Å². The van der Waals surface area contributed by atoms with Gasteiger partial charge in [0.1, 0.15) is 0 Å². The highest BCUT2D eigenvalue weighted by molar-refractivity contribution is 5.94. The van der Waals surface area contributed by atoms with Crippen LogP contribution in [0.15, 0.2) is 48.9 Å². The molecule has 0 saturated carbocycles. The fraction of sp³-hybridized carbons (Fsp3) is 0.304. The Morgan fingerprint density at radius 2 is 1.91 bits per heavy atom. The Hall–Kier alpha value is -3.69. The maximum atomic E-state index is 12.7. The second-order valence-electron chi connectivity index (χ2n) is 7.60. The fourth-order valence-electron chi connectivity index (χ4n) is 3.77. The van der Waals surface area contributed by atoms with Crippen LogP contribution in [0.3, 0.4) is 0 Å². The first-order chi connectivity index (χ1) is 15.8. The van der Waals surface area contributed by atoms with Crippen LogP contribution in [-0.4, -0.2) is 46.8 Å². The predicted octanol–water partition coefficient (Wildman–Crippen LogP) is 3.78. The number of carbonyl (C=O) groups excluding carboxylic acids is 1. The maximum absolute atomic E-state index is 12.7. The van der Waals surface area contributed by atoms with Crippen LogP contribution in [0.1, 0.15) is 27.9 Å². The van der Waals surface area contributed by atoms with Crippen molar-refractivity contribution in [3.8, 4) is 23.0 Å². The summed E-state index contributed by atoms with van der Waals surface area (Å²) in [5.41, 5.74) is 4.44. The topological polar surface area (TPSA) is 86.2 Å². The highest BCUT2D eigenvalue weighted by Gasteiger charge is 2.29. The Kier molecular flexibility index (Phi) is 6.43. The molecule has 1 aromatic carbocycles. The molecule has 1 amide bonds. The number of alkyl halides is 3. The Balaban J connectivity index is 1.44. The van der Waals surface area contributed by atoms with Gasteiger partial charge in [0.05, 0.1) is 12.7 Å². The monoisotopic (exact) mass is 458 g/mol. The number of benzene rings is 1. The van der Waals surface area contributed by atoms with E-state index in [1.807, 2.05) is 12.1 Å². The van der Waals surface area contributed by atoms with E-state index in [1.165, 1.54) is 31.0 Å². The second-order valence-corrected chi connectivity index (χ2v) is 7.60. The molecule has 10 heteroatoms. The lowest BCUT2D eigenvalue weighted by Gasteiger charge is -2.27. The number of nitrogens with one attached hydrogen (secondary N) is 1. The van der Waals surface area contributed by atoms with Crippen molar-refractivity contribution in [2.75, 3.05) is 13.7 Å². The van der Waals surface area contributed by atoms with Crippen LogP contribution in [0.2, 0.25) is 0 Å². The molecular weight excluding hydrogens is 437 g/mol. The smallest absolute Gasteiger partial charge is 0.422 e. The number of aryl methyl sites for hydroxylation is 1. The van der Waals surface area contributed by atoms with Crippen molar-refractivity contribution in [1.29, 1.82) is 0 Å². The predicted molar refractivity (Wildman–Crippen MR) is 113 cm³/mol. The molecule has 4 rings (SSSR count). The molecular formula is C23H21F3N4O3. The van der Waals surface area contributed by atoms with Crippen LogP contribution in [0.25, 0.3) is 11.1 Å². The van der Waals surface area contributed by atoms with Crippen molar-refractivity contribution in [2.45, 2.75) is 31.5 Å². The molecule has 172 valence electrons. The molecule has 0 radical (unpaired) electrons. The van der Waals surface area contributed by atoms with E-state index in [0.29, 0.717) is 6.42 Å². The largest absolute Gasteiger partial charge is 0.468 e. The molecule has 0 aliphatic heterocycles. The molecule has 0 fully saturated rings. The molecule has 0 bridgehead atoms.